The van der Waals surface area contributed by atoms with Gasteiger partial charge < -0.3 is 9.64 Å². The van der Waals surface area contributed by atoms with Gasteiger partial charge in [0, 0.05) is 13.1 Å². The van der Waals surface area contributed by atoms with E-state index in [1.54, 1.807) is 24.9 Å². The number of amides is 1. The predicted molar refractivity (Wildman–Crippen MR) is 95.6 cm³/mol. The molecule has 0 aliphatic heterocycles. The van der Waals surface area contributed by atoms with E-state index in [0.717, 1.165) is 5.75 Å². The van der Waals surface area contributed by atoms with Gasteiger partial charge in [0.05, 0.1) is 24.0 Å². The lowest BCUT2D eigenvalue weighted by molar-refractivity contribution is 0.0773. The molecule has 3 rings (SSSR count). The van der Waals surface area contributed by atoms with E-state index >= 15 is 0 Å². The van der Waals surface area contributed by atoms with Gasteiger partial charge in [0.2, 0.25) is 0 Å². The number of hydrogen-bond acceptors (Lipinski definition) is 5. The number of H-pyrrole nitrogens is 1. The molecular formula is C18H19N5O3. The maximum Gasteiger partial charge on any atom is 0.264 e. The number of ether oxygens (including phenoxy) is 1. The van der Waals surface area contributed by atoms with Gasteiger partial charge in [-0.05, 0) is 25.1 Å². The highest BCUT2D eigenvalue weighted by Crippen LogP contribution is 2.13. The zero-order chi connectivity index (χ0) is 18.5. The molecule has 1 aromatic carbocycles. The summed E-state index contributed by atoms with van der Waals surface area (Å²) in [5.41, 5.74) is 0.818. The fraction of sp³-hybridized carbons (Fsp3) is 0.222. The average molecular weight is 353 g/mol. The molecule has 0 aliphatic rings. The first-order chi connectivity index (χ1) is 12.6. The van der Waals surface area contributed by atoms with Crippen LogP contribution in [0.4, 0.5) is 0 Å². The molecule has 0 aliphatic carbocycles. The summed E-state index contributed by atoms with van der Waals surface area (Å²) in [4.78, 5) is 25.3. The number of carbonyl (C=O) groups is 1. The summed E-state index contributed by atoms with van der Waals surface area (Å²) in [5.74, 6) is 1.05. The summed E-state index contributed by atoms with van der Waals surface area (Å²) in [6.45, 7) is 2.61. The predicted octanol–water partition coefficient (Wildman–Crippen LogP) is 1.42. The van der Waals surface area contributed by atoms with Crippen molar-refractivity contribution in [3.63, 3.8) is 0 Å². The number of nitrogens with one attached hydrogen (secondary N) is 1. The number of carbonyl (C=O) groups excluding carboxylic acids is 1. The maximum atomic E-state index is 12.6. The number of rotatable bonds is 6. The smallest absolute Gasteiger partial charge is 0.264 e. The minimum atomic E-state index is -0.298. The van der Waals surface area contributed by atoms with E-state index in [9.17, 15) is 9.59 Å². The van der Waals surface area contributed by atoms with Crippen molar-refractivity contribution in [2.24, 2.45) is 0 Å². The van der Waals surface area contributed by atoms with Gasteiger partial charge in [-0.1, -0.05) is 18.2 Å². The van der Waals surface area contributed by atoms with Gasteiger partial charge in [0.15, 0.2) is 5.82 Å². The fourth-order valence-corrected chi connectivity index (χ4v) is 2.43. The molecule has 3 aromatic rings. The quantitative estimate of drug-likeness (QED) is 0.723. The third-order valence-corrected chi connectivity index (χ3v) is 3.91. The third kappa shape index (κ3) is 3.80. The van der Waals surface area contributed by atoms with Gasteiger partial charge in [-0.15, -0.1) is 0 Å². The van der Waals surface area contributed by atoms with Crippen LogP contribution < -0.4 is 10.3 Å². The van der Waals surface area contributed by atoms with Crippen LogP contribution in [0.15, 0.2) is 53.5 Å². The molecule has 8 heteroatoms. The molecule has 0 radical (unpaired) electrons. The Balaban J connectivity index is 1.65. The minimum Gasteiger partial charge on any atom is -0.492 e. The molecule has 134 valence electrons. The van der Waals surface area contributed by atoms with E-state index in [2.05, 4.69) is 15.3 Å². The first-order valence-electron chi connectivity index (χ1n) is 8.10. The number of aromatic amines is 1. The molecule has 1 N–H and O–H groups in total. The van der Waals surface area contributed by atoms with Gasteiger partial charge in [-0.25, -0.2) is 9.78 Å². The van der Waals surface area contributed by atoms with Gasteiger partial charge in [-0.2, -0.15) is 10.2 Å². The minimum absolute atomic E-state index is 0.158. The molecule has 8 nitrogen and oxygen atoms in total. The van der Waals surface area contributed by atoms with Crippen LogP contribution in [0.25, 0.3) is 5.82 Å². The van der Waals surface area contributed by atoms with E-state index in [0.29, 0.717) is 30.2 Å². The highest BCUT2D eigenvalue weighted by atomic mass is 16.5. The molecule has 0 fully saturated rings. The summed E-state index contributed by atoms with van der Waals surface area (Å²) < 4.78 is 7.13. The first kappa shape index (κ1) is 17.4. The number of aromatic nitrogens is 4. The van der Waals surface area contributed by atoms with E-state index in [1.165, 1.54) is 16.9 Å². The lowest BCUT2D eigenvalue weighted by Crippen LogP contribution is -2.31. The molecule has 0 atom stereocenters. The third-order valence-electron chi connectivity index (χ3n) is 3.91. The molecule has 0 saturated carbocycles. The highest BCUT2D eigenvalue weighted by molar-refractivity contribution is 5.95. The normalized spacial score (nSPS) is 10.5. The van der Waals surface area contributed by atoms with Crippen molar-refractivity contribution < 1.29 is 9.53 Å². The lowest BCUT2D eigenvalue weighted by atomic mass is 10.2. The summed E-state index contributed by atoms with van der Waals surface area (Å²) in [5, 5.41) is 10.5. The topological polar surface area (TPSA) is 93.1 Å². The Hall–Kier alpha value is -3.42. The second-order valence-corrected chi connectivity index (χ2v) is 5.72. The number of nitrogens with zero attached hydrogens (tertiary/aromatic N) is 4. The molecule has 2 aromatic heterocycles. The molecule has 0 unspecified atom stereocenters. The van der Waals surface area contributed by atoms with Crippen molar-refractivity contribution in [3.8, 4) is 11.6 Å². The Bertz CT molecular complexity index is 928. The molecule has 0 bridgehead atoms. The van der Waals surface area contributed by atoms with Crippen LogP contribution in [-0.2, 0) is 0 Å². The summed E-state index contributed by atoms with van der Waals surface area (Å²) in [6, 6.07) is 12.3. The highest BCUT2D eigenvalue weighted by Gasteiger charge is 2.19. The van der Waals surface area contributed by atoms with Crippen LogP contribution in [0.2, 0.25) is 0 Å². The van der Waals surface area contributed by atoms with E-state index < -0.39 is 0 Å². The molecule has 2 heterocycles. The van der Waals surface area contributed by atoms with Crippen molar-refractivity contribution in [2.45, 2.75) is 6.92 Å². The van der Waals surface area contributed by atoms with E-state index in [4.69, 9.17) is 4.74 Å². The number of likely N-dealkylation sites (N-methyl/N-ethyl adjacent to an activating group) is 1. The summed E-state index contributed by atoms with van der Waals surface area (Å²) in [7, 11) is 1.71. The van der Waals surface area contributed by atoms with Gasteiger partial charge in [-0.3, -0.25) is 9.59 Å². The molecule has 0 saturated heterocycles. The van der Waals surface area contributed by atoms with Crippen LogP contribution >= 0.6 is 0 Å². The Kier molecular flexibility index (Phi) is 5.12. The number of hydrogen-bond donors (Lipinski definition) is 1. The van der Waals surface area contributed by atoms with Crippen LogP contribution in [0.1, 0.15) is 16.1 Å². The Morgan fingerprint density at radius 2 is 2.00 bits per heavy atom. The second-order valence-electron chi connectivity index (χ2n) is 5.72. The standard InChI is InChI=1S/C18H19N5O3/c1-13-15(12-19-23(13)16-8-9-17(24)21-20-16)18(25)22(2)10-11-26-14-6-4-3-5-7-14/h3-9,12H,10-11H2,1-2H3,(H,21,24). The zero-order valence-electron chi connectivity index (χ0n) is 14.5. The van der Waals surface area contributed by atoms with E-state index in [1.807, 2.05) is 30.3 Å². The Labute approximate surface area is 150 Å². The van der Waals surface area contributed by atoms with Crippen LogP contribution in [0.5, 0.6) is 5.75 Å². The largest absolute Gasteiger partial charge is 0.492 e. The van der Waals surface area contributed by atoms with Gasteiger partial charge in [0.1, 0.15) is 12.4 Å². The van der Waals surface area contributed by atoms with E-state index in [-0.39, 0.29) is 11.5 Å². The van der Waals surface area contributed by atoms with Gasteiger partial charge in [0.25, 0.3) is 11.5 Å². The summed E-state index contributed by atoms with van der Waals surface area (Å²) >= 11 is 0. The van der Waals surface area contributed by atoms with Crippen molar-refractivity contribution >= 4 is 5.91 Å². The van der Waals surface area contributed by atoms with Crippen LogP contribution in [-0.4, -0.2) is 51.0 Å². The first-order valence-corrected chi connectivity index (χ1v) is 8.10. The van der Waals surface area contributed by atoms with Crippen molar-refractivity contribution in [1.29, 1.82) is 0 Å². The van der Waals surface area contributed by atoms with Crippen molar-refractivity contribution in [1.82, 2.24) is 24.9 Å². The van der Waals surface area contributed by atoms with Crippen LogP contribution in [0.3, 0.4) is 0 Å². The maximum absolute atomic E-state index is 12.6. The fourth-order valence-electron chi connectivity index (χ4n) is 2.43. The molecule has 0 spiro atoms. The Morgan fingerprint density at radius 1 is 1.23 bits per heavy atom. The second kappa shape index (κ2) is 7.64. The zero-order valence-corrected chi connectivity index (χ0v) is 14.5. The molecular weight excluding hydrogens is 334 g/mol. The number of benzene rings is 1. The average Bonchev–Trinajstić information content (AvgIpc) is 3.04. The molecule has 1 amide bonds. The Morgan fingerprint density at radius 3 is 2.69 bits per heavy atom. The van der Waals surface area contributed by atoms with Crippen LogP contribution in [0, 0.1) is 6.92 Å². The van der Waals surface area contributed by atoms with Crippen molar-refractivity contribution in [3.05, 3.63) is 70.3 Å². The number of para-hydroxylation sites is 1. The lowest BCUT2D eigenvalue weighted by Gasteiger charge is -2.17. The summed E-state index contributed by atoms with van der Waals surface area (Å²) in [6.07, 6.45) is 1.50. The van der Waals surface area contributed by atoms with Gasteiger partial charge >= 0.3 is 0 Å². The van der Waals surface area contributed by atoms with Crippen molar-refractivity contribution in [2.75, 3.05) is 20.2 Å². The molecule has 26 heavy (non-hydrogen) atoms. The SMILES string of the molecule is Cc1c(C(=O)N(C)CCOc2ccccc2)cnn1-c1ccc(=O)[nH]n1. The monoisotopic (exact) mass is 353 g/mol.